The molecule has 0 spiro atoms. The van der Waals surface area contributed by atoms with Crippen molar-refractivity contribution < 1.29 is 0 Å². The van der Waals surface area contributed by atoms with Gasteiger partial charge in [-0.05, 0) is 0 Å². The van der Waals surface area contributed by atoms with Crippen LogP contribution in [0.1, 0.15) is 78.7 Å². The first kappa shape index (κ1) is 22.8. The second kappa shape index (κ2) is 13.0. The zero-order valence-corrected chi connectivity index (χ0v) is 20.5. The molecule has 1 aromatic carbocycles. The topological polar surface area (TPSA) is 0 Å². The van der Waals surface area contributed by atoms with Crippen molar-refractivity contribution in [2.45, 2.75) is 96.8 Å². The van der Waals surface area contributed by atoms with Crippen LogP contribution in [0.15, 0.2) is 42.0 Å². The third kappa shape index (κ3) is 8.32. The number of hydrogen-bond donors (Lipinski definition) is 0. The number of hydrogen-bond acceptors (Lipinski definition) is 0. The average molecular weight is 449 g/mol. The molecular weight excluding hydrogens is 407 g/mol. The van der Waals surface area contributed by atoms with Gasteiger partial charge in [0.1, 0.15) is 0 Å². The summed E-state index contributed by atoms with van der Waals surface area (Å²) in [4.78, 5) is 0. The quantitative estimate of drug-likeness (QED) is 0.210. The van der Waals surface area contributed by atoms with E-state index in [0.717, 1.165) is 3.93 Å². The van der Waals surface area contributed by atoms with Crippen LogP contribution < -0.4 is 0 Å². The first-order valence-electron chi connectivity index (χ1n) is 10.8. The molecule has 25 heavy (non-hydrogen) atoms. The standard InChI is InChI=1S/C12H15.3C4H9.Sn/c1-11(2)7-6-10-12-8-4-3-5-9-12;3*1-3-4-2;/h3-9H,10H2,1-2H3;3*1,3-4H2,2H3;. The van der Waals surface area contributed by atoms with Crippen molar-refractivity contribution >= 4 is 18.4 Å². The Hall–Kier alpha value is -0.241. The van der Waals surface area contributed by atoms with Gasteiger partial charge in [-0.3, -0.25) is 0 Å². The average Bonchev–Trinajstić information content (AvgIpc) is 2.61. The van der Waals surface area contributed by atoms with Crippen molar-refractivity contribution in [1.82, 2.24) is 0 Å². The third-order valence-corrected chi connectivity index (χ3v) is 22.8. The molecule has 0 radical (unpaired) electrons. The predicted molar refractivity (Wildman–Crippen MR) is 118 cm³/mol. The molecule has 0 saturated heterocycles. The van der Waals surface area contributed by atoms with Gasteiger partial charge in [-0.1, -0.05) is 0 Å². The van der Waals surface area contributed by atoms with Crippen LogP contribution in [0.3, 0.4) is 0 Å². The molecular formula is C24H42Sn. The molecule has 1 rings (SSSR count). The fraction of sp³-hybridized carbons (Fsp3) is 0.667. The van der Waals surface area contributed by atoms with Gasteiger partial charge in [0.25, 0.3) is 0 Å². The van der Waals surface area contributed by atoms with Crippen LogP contribution in [0.25, 0.3) is 0 Å². The second-order valence-corrected chi connectivity index (χ2v) is 22.4. The zero-order valence-electron chi connectivity index (χ0n) is 17.6. The molecule has 0 N–H and O–H groups in total. The molecule has 0 aliphatic carbocycles. The summed E-state index contributed by atoms with van der Waals surface area (Å²) in [5, 5.41) is 0. The minimum atomic E-state index is -2.23. The molecule has 0 aliphatic heterocycles. The van der Waals surface area contributed by atoms with Crippen molar-refractivity contribution in [2.24, 2.45) is 0 Å². The predicted octanol–water partition coefficient (Wildman–Crippen LogP) is 8.41. The van der Waals surface area contributed by atoms with Crippen molar-refractivity contribution in [1.29, 1.82) is 0 Å². The second-order valence-electron chi connectivity index (χ2n) is 8.21. The van der Waals surface area contributed by atoms with Crippen molar-refractivity contribution in [3.8, 4) is 0 Å². The van der Waals surface area contributed by atoms with Crippen molar-refractivity contribution in [3.63, 3.8) is 0 Å². The van der Waals surface area contributed by atoms with E-state index in [0.29, 0.717) is 0 Å². The molecule has 0 aromatic heterocycles. The zero-order chi connectivity index (χ0) is 18.5. The third-order valence-electron chi connectivity index (χ3n) is 5.70. The van der Waals surface area contributed by atoms with Crippen LogP contribution in [0, 0.1) is 0 Å². The Balaban J connectivity index is 3.19. The molecule has 0 bridgehead atoms. The van der Waals surface area contributed by atoms with Crippen LogP contribution in [0.4, 0.5) is 0 Å². The van der Waals surface area contributed by atoms with Gasteiger partial charge >= 0.3 is 163 Å². The summed E-state index contributed by atoms with van der Waals surface area (Å²) in [6.45, 7) is 11.8. The SMILES string of the molecule is CCC[CH2][Sn]([CH2]CCC)([CH2]CCC)[CH](C=C(C)C)Cc1ccccc1. The van der Waals surface area contributed by atoms with Crippen molar-refractivity contribution in [2.75, 3.05) is 0 Å². The van der Waals surface area contributed by atoms with Crippen LogP contribution in [-0.4, -0.2) is 18.4 Å². The van der Waals surface area contributed by atoms with Gasteiger partial charge in [0.15, 0.2) is 0 Å². The molecule has 1 aromatic rings. The summed E-state index contributed by atoms with van der Waals surface area (Å²) in [6, 6.07) is 11.3. The van der Waals surface area contributed by atoms with E-state index < -0.39 is 18.4 Å². The molecule has 0 nitrogen and oxygen atoms in total. The van der Waals surface area contributed by atoms with Gasteiger partial charge in [-0.25, -0.2) is 0 Å². The Morgan fingerprint density at radius 3 is 1.72 bits per heavy atom. The molecule has 0 amide bonds. The van der Waals surface area contributed by atoms with Gasteiger partial charge in [0.05, 0.1) is 0 Å². The number of unbranched alkanes of at least 4 members (excludes halogenated alkanes) is 3. The maximum atomic E-state index is 2.70. The summed E-state index contributed by atoms with van der Waals surface area (Å²) in [6.07, 6.45) is 12.5. The Morgan fingerprint density at radius 2 is 1.32 bits per heavy atom. The van der Waals surface area contributed by atoms with Crippen molar-refractivity contribution in [3.05, 3.63) is 47.5 Å². The molecule has 0 aliphatic rings. The van der Waals surface area contributed by atoms with Gasteiger partial charge in [0.2, 0.25) is 0 Å². The van der Waals surface area contributed by atoms with E-state index in [2.05, 4.69) is 71.0 Å². The van der Waals surface area contributed by atoms with E-state index in [1.165, 1.54) is 50.5 Å². The van der Waals surface area contributed by atoms with E-state index >= 15 is 0 Å². The summed E-state index contributed by atoms with van der Waals surface area (Å²) in [5.41, 5.74) is 3.09. The molecule has 0 fully saturated rings. The molecule has 1 atom stereocenters. The minimum absolute atomic E-state index is 0.881. The van der Waals surface area contributed by atoms with Crippen LogP contribution >= 0.6 is 0 Å². The molecule has 0 heterocycles. The monoisotopic (exact) mass is 450 g/mol. The van der Waals surface area contributed by atoms with E-state index in [1.807, 2.05) is 0 Å². The number of rotatable bonds is 13. The van der Waals surface area contributed by atoms with E-state index in [4.69, 9.17) is 0 Å². The normalized spacial score (nSPS) is 12.8. The van der Waals surface area contributed by atoms with Crippen LogP contribution in [0.5, 0.6) is 0 Å². The van der Waals surface area contributed by atoms with E-state index in [-0.39, 0.29) is 0 Å². The fourth-order valence-corrected chi connectivity index (χ4v) is 22.5. The first-order valence-corrected chi connectivity index (χ1v) is 18.5. The van der Waals surface area contributed by atoms with Gasteiger partial charge in [-0.15, -0.1) is 0 Å². The number of benzene rings is 1. The Kier molecular flexibility index (Phi) is 11.9. The van der Waals surface area contributed by atoms with E-state index in [9.17, 15) is 0 Å². The molecule has 1 heteroatoms. The van der Waals surface area contributed by atoms with Gasteiger partial charge < -0.3 is 0 Å². The summed E-state index contributed by atoms with van der Waals surface area (Å²) >= 11 is -2.23. The number of allylic oxidation sites excluding steroid dienone is 2. The fourth-order valence-electron chi connectivity index (χ4n) is 4.24. The maximum absolute atomic E-state index is 2.70. The molecule has 0 saturated carbocycles. The molecule has 1 unspecified atom stereocenters. The first-order chi connectivity index (χ1) is 12.1. The Labute approximate surface area is 162 Å². The van der Waals surface area contributed by atoms with Crippen LogP contribution in [0.2, 0.25) is 17.2 Å². The van der Waals surface area contributed by atoms with Crippen LogP contribution in [-0.2, 0) is 6.42 Å². The Bertz CT molecular complexity index is 448. The Morgan fingerprint density at radius 1 is 0.840 bits per heavy atom. The van der Waals surface area contributed by atoms with Gasteiger partial charge in [0, 0.05) is 0 Å². The summed E-state index contributed by atoms with van der Waals surface area (Å²) in [5.74, 6) is 0. The van der Waals surface area contributed by atoms with Gasteiger partial charge in [-0.2, -0.15) is 0 Å². The summed E-state index contributed by atoms with van der Waals surface area (Å²) in [7, 11) is 0. The van der Waals surface area contributed by atoms with E-state index in [1.54, 1.807) is 18.9 Å². The summed E-state index contributed by atoms with van der Waals surface area (Å²) < 4.78 is 5.69. The molecule has 142 valence electrons.